The van der Waals surface area contributed by atoms with Crippen LogP contribution in [0.25, 0.3) is 0 Å². The highest BCUT2D eigenvalue weighted by Gasteiger charge is 2.18. The molecule has 0 saturated carbocycles. The predicted octanol–water partition coefficient (Wildman–Crippen LogP) is 2.22. The number of hydrogen-bond acceptors (Lipinski definition) is 4. The monoisotopic (exact) mass is 388 g/mol. The van der Waals surface area contributed by atoms with Gasteiger partial charge in [0.25, 0.3) is 5.56 Å². The van der Waals surface area contributed by atoms with Crippen LogP contribution in [-0.2, 0) is 25.9 Å². The number of nitrogens with zero attached hydrogens (tertiary/aromatic N) is 4. The molecule has 0 amide bonds. The molecule has 150 valence electrons. The Bertz CT molecular complexity index is 870. The van der Waals surface area contributed by atoms with Gasteiger partial charge in [0, 0.05) is 51.4 Å². The summed E-state index contributed by atoms with van der Waals surface area (Å²) in [4.78, 5) is 16.8. The topological polar surface area (TPSA) is 41.4 Å². The summed E-state index contributed by atoms with van der Waals surface area (Å²) in [6.07, 6.45) is 4.23. The van der Waals surface area contributed by atoms with Gasteiger partial charge < -0.3 is 0 Å². The van der Waals surface area contributed by atoms with Gasteiger partial charge in [-0.15, -0.1) is 0 Å². The number of aryl methyl sites for hydroxylation is 2. The summed E-state index contributed by atoms with van der Waals surface area (Å²) in [5.41, 5.74) is 2.86. The van der Waals surface area contributed by atoms with E-state index in [-0.39, 0.29) is 5.56 Å². The maximum absolute atomic E-state index is 13.3. The average molecular weight is 388 g/mol. The molecule has 7 heteroatoms. The molecule has 28 heavy (non-hydrogen) atoms. The van der Waals surface area contributed by atoms with Gasteiger partial charge in [-0.25, -0.2) is 13.5 Å². The summed E-state index contributed by atoms with van der Waals surface area (Å²) in [7, 11) is 0. The third-order valence-electron chi connectivity index (χ3n) is 5.70. The minimum Gasteiger partial charge on any atom is -0.299 e. The lowest BCUT2D eigenvalue weighted by Crippen LogP contribution is -2.47. The van der Waals surface area contributed by atoms with E-state index in [2.05, 4.69) is 14.9 Å². The summed E-state index contributed by atoms with van der Waals surface area (Å²) in [5, 5.41) is 4.58. The Morgan fingerprint density at radius 1 is 0.857 bits per heavy atom. The first kappa shape index (κ1) is 19.2. The Hall–Kier alpha value is -2.12. The number of hydrogen-bond donors (Lipinski definition) is 0. The number of fused-ring (bicyclic) bond motifs is 1. The molecule has 1 aliphatic carbocycles. The van der Waals surface area contributed by atoms with Gasteiger partial charge in [-0.05, 0) is 48.9 Å². The molecule has 1 aliphatic heterocycles. The lowest BCUT2D eigenvalue weighted by Gasteiger charge is -2.34. The number of benzene rings is 1. The SMILES string of the molecule is O=c1cc2c(nn1CCN1CCN(Cc3cc(F)cc(F)c3)CC1)CCCC2. The van der Waals surface area contributed by atoms with Gasteiger partial charge in [-0.3, -0.25) is 14.6 Å². The maximum Gasteiger partial charge on any atom is 0.267 e. The standard InChI is InChI=1S/C21H26F2N4O/c22-18-11-16(12-19(23)14-18)15-26-7-5-25(6-8-26)9-10-27-21(28)13-17-3-1-2-4-20(17)24-27/h11-14H,1-10,15H2. The van der Waals surface area contributed by atoms with Crippen molar-refractivity contribution < 1.29 is 8.78 Å². The van der Waals surface area contributed by atoms with Crippen LogP contribution >= 0.6 is 0 Å². The maximum atomic E-state index is 13.3. The van der Waals surface area contributed by atoms with Crippen LogP contribution in [0.5, 0.6) is 0 Å². The fourth-order valence-electron chi connectivity index (χ4n) is 4.13. The highest BCUT2D eigenvalue weighted by molar-refractivity contribution is 5.20. The Morgan fingerprint density at radius 3 is 2.29 bits per heavy atom. The molecule has 1 saturated heterocycles. The van der Waals surface area contributed by atoms with E-state index in [1.807, 2.05) is 0 Å². The van der Waals surface area contributed by atoms with E-state index in [1.165, 1.54) is 12.1 Å². The smallest absolute Gasteiger partial charge is 0.267 e. The average Bonchev–Trinajstić information content (AvgIpc) is 2.66. The molecule has 0 bridgehead atoms. The summed E-state index contributed by atoms with van der Waals surface area (Å²) >= 11 is 0. The van der Waals surface area contributed by atoms with E-state index in [0.29, 0.717) is 18.7 Å². The molecule has 0 atom stereocenters. The number of aromatic nitrogens is 2. The normalized spacial score (nSPS) is 18.2. The van der Waals surface area contributed by atoms with E-state index in [1.54, 1.807) is 10.7 Å². The zero-order valence-corrected chi connectivity index (χ0v) is 16.0. The van der Waals surface area contributed by atoms with Crippen molar-refractivity contribution in [3.8, 4) is 0 Å². The molecule has 4 rings (SSSR count). The Balaban J connectivity index is 1.28. The second-order valence-corrected chi connectivity index (χ2v) is 7.78. The molecular weight excluding hydrogens is 362 g/mol. The fraction of sp³-hybridized carbons (Fsp3) is 0.524. The van der Waals surface area contributed by atoms with Crippen LogP contribution in [0.1, 0.15) is 29.7 Å². The van der Waals surface area contributed by atoms with Crippen molar-refractivity contribution in [3.05, 3.63) is 63.1 Å². The van der Waals surface area contributed by atoms with Crippen molar-refractivity contribution in [3.63, 3.8) is 0 Å². The largest absolute Gasteiger partial charge is 0.299 e. The Labute approximate surface area is 163 Å². The molecule has 1 aromatic heterocycles. The van der Waals surface area contributed by atoms with E-state index >= 15 is 0 Å². The third kappa shape index (κ3) is 4.64. The van der Waals surface area contributed by atoms with Crippen molar-refractivity contribution in [1.29, 1.82) is 0 Å². The first-order valence-corrected chi connectivity index (χ1v) is 10.1. The second kappa shape index (κ2) is 8.49. The van der Waals surface area contributed by atoms with Crippen LogP contribution in [0.3, 0.4) is 0 Å². The minimum absolute atomic E-state index is 0.00702. The van der Waals surface area contributed by atoms with Crippen molar-refractivity contribution in [2.75, 3.05) is 32.7 Å². The summed E-state index contributed by atoms with van der Waals surface area (Å²) < 4.78 is 28.3. The van der Waals surface area contributed by atoms with Crippen molar-refractivity contribution in [2.24, 2.45) is 0 Å². The summed E-state index contributed by atoms with van der Waals surface area (Å²) in [5.74, 6) is -1.06. The lowest BCUT2D eigenvalue weighted by molar-refractivity contribution is 0.122. The molecule has 0 spiro atoms. The van der Waals surface area contributed by atoms with Gasteiger partial charge in [0.15, 0.2) is 0 Å². The van der Waals surface area contributed by atoms with E-state index < -0.39 is 11.6 Å². The molecule has 2 heterocycles. The van der Waals surface area contributed by atoms with Gasteiger partial charge in [0.1, 0.15) is 11.6 Å². The Kier molecular flexibility index (Phi) is 5.82. The molecule has 2 aromatic rings. The number of halogens is 2. The predicted molar refractivity (Wildman–Crippen MR) is 103 cm³/mol. The van der Waals surface area contributed by atoms with Gasteiger partial charge in [-0.2, -0.15) is 5.10 Å². The van der Waals surface area contributed by atoms with Crippen LogP contribution < -0.4 is 5.56 Å². The minimum atomic E-state index is -0.531. The summed E-state index contributed by atoms with van der Waals surface area (Å²) in [6, 6.07) is 5.45. The second-order valence-electron chi connectivity index (χ2n) is 7.78. The highest BCUT2D eigenvalue weighted by Crippen LogP contribution is 2.17. The first-order chi connectivity index (χ1) is 13.6. The zero-order chi connectivity index (χ0) is 19.5. The van der Waals surface area contributed by atoms with Crippen LogP contribution in [0.4, 0.5) is 8.78 Å². The van der Waals surface area contributed by atoms with Gasteiger partial charge in [-0.1, -0.05) is 0 Å². The zero-order valence-electron chi connectivity index (χ0n) is 16.0. The van der Waals surface area contributed by atoms with Gasteiger partial charge >= 0.3 is 0 Å². The quantitative estimate of drug-likeness (QED) is 0.788. The van der Waals surface area contributed by atoms with Crippen molar-refractivity contribution in [2.45, 2.75) is 38.8 Å². The van der Waals surface area contributed by atoms with E-state index in [0.717, 1.165) is 75.7 Å². The highest BCUT2D eigenvalue weighted by atomic mass is 19.1. The summed E-state index contributed by atoms with van der Waals surface area (Å²) in [6.45, 7) is 5.36. The van der Waals surface area contributed by atoms with E-state index in [9.17, 15) is 13.6 Å². The number of piperazine rings is 1. The molecule has 5 nitrogen and oxygen atoms in total. The van der Waals surface area contributed by atoms with Gasteiger partial charge in [0.2, 0.25) is 0 Å². The Morgan fingerprint density at radius 2 is 1.54 bits per heavy atom. The van der Waals surface area contributed by atoms with Crippen molar-refractivity contribution in [1.82, 2.24) is 19.6 Å². The fourth-order valence-corrected chi connectivity index (χ4v) is 4.13. The van der Waals surface area contributed by atoms with Crippen LogP contribution in [0, 0.1) is 11.6 Å². The molecule has 2 aliphatic rings. The van der Waals surface area contributed by atoms with Crippen LogP contribution in [0.2, 0.25) is 0 Å². The van der Waals surface area contributed by atoms with Gasteiger partial charge in [0.05, 0.1) is 12.2 Å². The van der Waals surface area contributed by atoms with Crippen LogP contribution in [-0.4, -0.2) is 52.3 Å². The van der Waals surface area contributed by atoms with Crippen molar-refractivity contribution >= 4 is 0 Å². The van der Waals surface area contributed by atoms with Crippen LogP contribution in [0.15, 0.2) is 29.1 Å². The third-order valence-corrected chi connectivity index (χ3v) is 5.70. The number of rotatable bonds is 5. The molecule has 1 aromatic carbocycles. The van der Waals surface area contributed by atoms with E-state index in [4.69, 9.17) is 0 Å². The molecule has 0 radical (unpaired) electrons. The first-order valence-electron chi connectivity index (χ1n) is 10.1. The molecular formula is C21H26F2N4O. The molecule has 1 fully saturated rings. The molecule has 0 unspecified atom stereocenters. The lowest BCUT2D eigenvalue weighted by atomic mass is 9.97. The molecule has 0 N–H and O–H groups in total.